The van der Waals surface area contributed by atoms with Crippen LogP contribution in [0.1, 0.15) is 37.7 Å². The smallest absolute Gasteiger partial charge is 0.405 e. The number of nitrogens with zero attached hydrogens (tertiary/aromatic N) is 2. The molecule has 2 aliphatic rings. The van der Waals surface area contributed by atoms with Crippen molar-refractivity contribution in [1.29, 1.82) is 0 Å². The molecule has 3 unspecified atom stereocenters. The highest BCUT2D eigenvalue weighted by molar-refractivity contribution is 6.00. The molecule has 33 heavy (non-hydrogen) atoms. The lowest BCUT2D eigenvalue weighted by Gasteiger charge is -2.39. The summed E-state index contributed by atoms with van der Waals surface area (Å²) in [5.41, 5.74) is 0.714. The number of hydrogen-bond acceptors (Lipinski definition) is 4. The van der Waals surface area contributed by atoms with Crippen LogP contribution < -0.4 is 10.6 Å². The highest BCUT2D eigenvalue weighted by Gasteiger charge is 2.49. The average Bonchev–Trinajstić information content (AvgIpc) is 3.47. The molecule has 3 heterocycles. The van der Waals surface area contributed by atoms with E-state index in [1.807, 2.05) is 45.0 Å². The minimum Gasteiger partial charge on any atom is -0.465 e. The molecule has 4 rings (SSSR count). The van der Waals surface area contributed by atoms with E-state index in [0.29, 0.717) is 25.2 Å². The number of hydrogen-bond donors (Lipinski definition) is 4. The average molecular weight is 456 g/mol. The number of carbonyl (C=O) groups excluding carboxylic acids is 3. The summed E-state index contributed by atoms with van der Waals surface area (Å²) in [6, 6.07) is 8.31. The summed E-state index contributed by atoms with van der Waals surface area (Å²) in [5, 5.41) is 14.6. The zero-order valence-electron chi connectivity index (χ0n) is 18.9. The van der Waals surface area contributed by atoms with Gasteiger partial charge in [0.05, 0.1) is 12.1 Å². The number of carbonyl (C=O) groups is 4. The van der Waals surface area contributed by atoms with E-state index < -0.39 is 17.6 Å². The maximum atomic E-state index is 13.5. The molecule has 10 nitrogen and oxygen atoms in total. The molecule has 0 aliphatic carbocycles. The molecule has 4 amide bonds. The fourth-order valence-electron chi connectivity index (χ4n) is 4.71. The Morgan fingerprint density at radius 3 is 2.39 bits per heavy atom. The predicted molar refractivity (Wildman–Crippen MR) is 121 cm³/mol. The number of amides is 4. The Bertz CT molecular complexity index is 1070. The standard InChI is InChI=1S/C23H29N5O5/c1-23(2,3)19(26-20(30)17-8-13-6-4-5-7-16(13)25-17)21(31)28-12-14-9-15(28)11-27(14)18(29)10-24-22(32)33/h4-8,14-15,19,24-25H,9-12H2,1-3H3,(H,26,30)(H,32,33). The van der Waals surface area contributed by atoms with E-state index in [1.54, 1.807) is 15.9 Å². The summed E-state index contributed by atoms with van der Waals surface area (Å²) in [7, 11) is 0. The van der Waals surface area contributed by atoms with Gasteiger partial charge in [-0.2, -0.15) is 0 Å². The van der Waals surface area contributed by atoms with Crippen LogP contribution in [0.5, 0.6) is 0 Å². The second kappa shape index (κ2) is 8.42. The molecule has 10 heteroatoms. The molecule has 2 bridgehead atoms. The van der Waals surface area contributed by atoms with Crippen molar-refractivity contribution in [3.05, 3.63) is 36.0 Å². The maximum Gasteiger partial charge on any atom is 0.405 e. The molecular formula is C23H29N5O5. The molecule has 2 aromatic rings. The molecule has 1 aromatic heterocycles. The van der Waals surface area contributed by atoms with Crippen molar-refractivity contribution in [3.63, 3.8) is 0 Å². The Morgan fingerprint density at radius 2 is 1.79 bits per heavy atom. The van der Waals surface area contributed by atoms with E-state index in [2.05, 4.69) is 15.6 Å². The third-order valence-corrected chi connectivity index (χ3v) is 6.40. The number of para-hydroxylation sites is 1. The van der Waals surface area contributed by atoms with Crippen molar-refractivity contribution in [2.75, 3.05) is 19.6 Å². The SMILES string of the molecule is CC(C)(C)C(NC(=O)c1cc2ccccc2[nH]1)C(=O)N1CC2CC1CN2C(=O)CNC(=O)O. The van der Waals surface area contributed by atoms with Crippen molar-refractivity contribution in [3.8, 4) is 0 Å². The number of aromatic amines is 1. The van der Waals surface area contributed by atoms with Gasteiger partial charge < -0.3 is 30.5 Å². The predicted octanol–water partition coefficient (Wildman–Crippen LogP) is 1.39. The van der Waals surface area contributed by atoms with Gasteiger partial charge in [-0.05, 0) is 24.0 Å². The first-order valence-corrected chi connectivity index (χ1v) is 11.0. The summed E-state index contributed by atoms with van der Waals surface area (Å²) in [5.74, 6) is -0.813. The molecule has 1 aromatic carbocycles. The quantitative estimate of drug-likeness (QED) is 0.540. The van der Waals surface area contributed by atoms with Crippen LogP contribution in [0.4, 0.5) is 4.79 Å². The van der Waals surface area contributed by atoms with Gasteiger partial charge in [0.25, 0.3) is 5.91 Å². The zero-order valence-corrected chi connectivity index (χ0v) is 18.9. The van der Waals surface area contributed by atoms with Gasteiger partial charge in [-0.1, -0.05) is 39.0 Å². The van der Waals surface area contributed by atoms with Crippen molar-refractivity contribution in [2.24, 2.45) is 5.41 Å². The molecule has 2 saturated heterocycles. The fraction of sp³-hybridized carbons (Fsp3) is 0.478. The Hall–Kier alpha value is -3.56. The largest absolute Gasteiger partial charge is 0.465 e. The van der Waals surface area contributed by atoms with E-state index >= 15 is 0 Å². The third kappa shape index (κ3) is 4.50. The van der Waals surface area contributed by atoms with Gasteiger partial charge >= 0.3 is 6.09 Å². The molecule has 176 valence electrons. The Labute approximate surface area is 191 Å². The number of rotatable bonds is 5. The minimum absolute atomic E-state index is 0.146. The number of piperazine rings is 1. The summed E-state index contributed by atoms with van der Waals surface area (Å²) < 4.78 is 0. The molecule has 2 fully saturated rings. The lowest BCUT2D eigenvalue weighted by molar-refractivity contribution is -0.142. The summed E-state index contributed by atoms with van der Waals surface area (Å²) in [6.45, 7) is 6.17. The van der Waals surface area contributed by atoms with E-state index in [-0.39, 0.29) is 36.3 Å². The molecular weight excluding hydrogens is 426 g/mol. The number of fused-ring (bicyclic) bond motifs is 3. The molecule has 3 atom stereocenters. The molecule has 0 radical (unpaired) electrons. The van der Waals surface area contributed by atoms with Gasteiger partial charge in [0, 0.05) is 24.0 Å². The van der Waals surface area contributed by atoms with Gasteiger partial charge in [-0.15, -0.1) is 0 Å². The Kier molecular flexibility index (Phi) is 5.77. The second-order valence-corrected chi connectivity index (χ2v) is 9.78. The zero-order chi connectivity index (χ0) is 23.9. The van der Waals surface area contributed by atoms with Crippen molar-refractivity contribution in [2.45, 2.75) is 45.3 Å². The number of carboxylic acid groups (broad SMARTS) is 1. The van der Waals surface area contributed by atoms with Crippen LogP contribution >= 0.6 is 0 Å². The van der Waals surface area contributed by atoms with Crippen molar-refractivity contribution >= 4 is 34.7 Å². The van der Waals surface area contributed by atoms with Crippen molar-refractivity contribution < 1.29 is 24.3 Å². The fourth-order valence-corrected chi connectivity index (χ4v) is 4.71. The van der Waals surface area contributed by atoms with Gasteiger partial charge in [-0.25, -0.2) is 4.79 Å². The van der Waals surface area contributed by atoms with Gasteiger partial charge in [0.2, 0.25) is 11.8 Å². The van der Waals surface area contributed by atoms with Crippen molar-refractivity contribution in [1.82, 2.24) is 25.4 Å². The van der Waals surface area contributed by atoms with Crippen LogP contribution in [0, 0.1) is 5.41 Å². The van der Waals surface area contributed by atoms with Gasteiger partial charge in [-0.3, -0.25) is 14.4 Å². The van der Waals surface area contributed by atoms with Crippen LogP contribution in [0.2, 0.25) is 0 Å². The molecule has 0 spiro atoms. The first-order valence-electron chi connectivity index (χ1n) is 11.0. The summed E-state index contributed by atoms with van der Waals surface area (Å²) in [4.78, 5) is 56.0. The highest BCUT2D eigenvalue weighted by Crippen LogP contribution is 2.33. The summed E-state index contributed by atoms with van der Waals surface area (Å²) >= 11 is 0. The van der Waals surface area contributed by atoms with E-state index in [0.717, 1.165) is 10.9 Å². The van der Waals surface area contributed by atoms with Crippen LogP contribution in [0.25, 0.3) is 10.9 Å². The number of aromatic nitrogens is 1. The first kappa shape index (κ1) is 22.6. The van der Waals surface area contributed by atoms with Gasteiger partial charge in [0.1, 0.15) is 18.3 Å². The van der Waals surface area contributed by atoms with E-state index in [9.17, 15) is 19.2 Å². The molecule has 4 N–H and O–H groups in total. The topological polar surface area (TPSA) is 135 Å². The minimum atomic E-state index is -1.25. The Balaban J connectivity index is 1.44. The van der Waals surface area contributed by atoms with E-state index in [1.165, 1.54) is 0 Å². The molecule has 0 saturated carbocycles. The maximum absolute atomic E-state index is 13.5. The highest BCUT2D eigenvalue weighted by atomic mass is 16.4. The van der Waals surface area contributed by atoms with Crippen LogP contribution in [0.15, 0.2) is 30.3 Å². The lowest BCUT2D eigenvalue weighted by Crippen LogP contribution is -2.59. The summed E-state index contributed by atoms with van der Waals surface area (Å²) in [6.07, 6.45) is -0.597. The van der Waals surface area contributed by atoms with Gasteiger partial charge in [0.15, 0.2) is 0 Å². The number of likely N-dealkylation sites (tertiary alicyclic amines) is 2. The third-order valence-electron chi connectivity index (χ3n) is 6.40. The van der Waals surface area contributed by atoms with E-state index in [4.69, 9.17) is 5.11 Å². The monoisotopic (exact) mass is 455 g/mol. The van der Waals surface area contributed by atoms with Crippen LogP contribution in [-0.2, 0) is 9.59 Å². The lowest BCUT2D eigenvalue weighted by atomic mass is 9.85. The Morgan fingerprint density at radius 1 is 1.12 bits per heavy atom. The first-order chi connectivity index (χ1) is 15.5. The van der Waals surface area contributed by atoms with Crippen LogP contribution in [-0.4, -0.2) is 81.5 Å². The second-order valence-electron chi connectivity index (χ2n) is 9.78. The number of nitrogens with one attached hydrogen (secondary N) is 3. The normalized spacial score (nSPS) is 20.7. The van der Waals surface area contributed by atoms with Crippen LogP contribution in [0.3, 0.4) is 0 Å². The number of H-pyrrole nitrogens is 1. The molecule has 2 aliphatic heterocycles. The number of benzene rings is 1.